The monoisotopic (exact) mass is 414 g/mol. The minimum absolute atomic E-state index is 0.0158. The van der Waals surface area contributed by atoms with E-state index in [1.807, 2.05) is 78.9 Å². The maximum absolute atomic E-state index is 12.3. The average molecular weight is 414 g/mol. The Morgan fingerprint density at radius 2 is 1.58 bits per heavy atom. The van der Waals surface area contributed by atoms with Crippen molar-refractivity contribution in [1.29, 1.82) is 0 Å². The minimum Gasteiger partial charge on any atom is -0.488 e. The number of carbonyl (C=O) groups is 2. The molecule has 1 aliphatic heterocycles. The lowest BCUT2D eigenvalue weighted by atomic mass is 10.0. The van der Waals surface area contributed by atoms with Gasteiger partial charge in [-0.25, -0.2) is 0 Å². The van der Waals surface area contributed by atoms with Crippen molar-refractivity contribution in [2.24, 2.45) is 0 Å². The quantitative estimate of drug-likeness (QED) is 0.551. The third kappa shape index (κ3) is 4.65. The molecular weight excluding hydrogens is 392 g/mol. The lowest BCUT2D eigenvalue weighted by Gasteiger charge is -2.14. The Bertz CT molecular complexity index is 1110. The van der Waals surface area contributed by atoms with Gasteiger partial charge in [0.2, 0.25) is 0 Å². The molecular formula is C25H22N2O4. The lowest BCUT2D eigenvalue weighted by molar-refractivity contribution is -0.137. The number of imide groups is 1. The van der Waals surface area contributed by atoms with Crippen molar-refractivity contribution in [3.05, 3.63) is 96.2 Å². The Labute approximate surface area is 180 Å². The number of benzene rings is 3. The molecule has 1 heterocycles. The third-order valence-corrected chi connectivity index (χ3v) is 4.93. The van der Waals surface area contributed by atoms with E-state index in [4.69, 9.17) is 9.84 Å². The van der Waals surface area contributed by atoms with Crippen LogP contribution in [0, 0.1) is 0 Å². The highest BCUT2D eigenvalue weighted by molar-refractivity contribution is 6.17. The molecule has 0 fully saturated rings. The molecule has 0 saturated heterocycles. The van der Waals surface area contributed by atoms with Crippen LogP contribution in [0.1, 0.15) is 5.56 Å². The number of rotatable bonds is 8. The summed E-state index contributed by atoms with van der Waals surface area (Å²) < 4.78 is 6.04. The van der Waals surface area contributed by atoms with Crippen LogP contribution < -0.4 is 10.1 Å². The zero-order chi connectivity index (χ0) is 21.6. The van der Waals surface area contributed by atoms with Gasteiger partial charge in [0, 0.05) is 17.3 Å². The number of hydrogen-bond acceptors (Lipinski definition) is 5. The van der Waals surface area contributed by atoms with Gasteiger partial charge >= 0.3 is 0 Å². The van der Waals surface area contributed by atoms with E-state index in [9.17, 15) is 9.59 Å². The van der Waals surface area contributed by atoms with Gasteiger partial charge in [-0.05, 0) is 29.3 Å². The number of nitrogens with zero attached hydrogens (tertiary/aromatic N) is 1. The summed E-state index contributed by atoms with van der Waals surface area (Å²) in [5.41, 5.74) is 3.91. The summed E-state index contributed by atoms with van der Waals surface area (Å²) in [5.74, 6) is -0.0866. The predicted octanol–water partition coefficient (Wildman–Crippen LogP) is 3.59. The molecule has 1 aliphatic rings. The number of para-hydroxylation sites is 1. The first-order valence-corrected chi connectivity index (χ1v) is 9.97. The van der Waals surface area contributed by atoms with Crippen molar-refractivity contribution in [3.63, 3.8) is 0 Å². The smallest absolute Gasteiger partial charge is 0.277 e. The first kappa shape index (κ1) is 20.4. The largest absolute Gasteiger partial charge is 0.488 e. The molecule has 3 aromatic rings. The van der Waals surface area contributed by atoms with E-state index >= 15 is 0 Å². The van der Waals surface area contributed by atoms with E-state index in [0.29, 0.717) is 12.3 Å². The highest BCUT2D eigenvalue weighted by atomic mass is 16.5. The van der Waals surface area contributed by atoms with E-state index < -0.39 is 11.8 Å². The molecule has 0 aliphatic carbocycles. The number of amides is 2. The zero-order valence-corrected chi connectivity index (χ0v) is 16.8. The molecule has 0 unspecified atom stereocenters. The standard InChI is InChI=1S/C25H22N2O4/c28-15-14-27-24(29)16-22(25(27)30)26-20-12-10-19(11-13-20)21-8-4-5-9-23(21)31-17-18-6-2-1-3-7-18/h1-13,16,26,28H,14-15,17H2. The number of carbonyl (C=O) groups excluding carboxylic acids is 2. The van der Waals surface area contributed by atoms with Crippen LogP contribution in [0.2, 0.25) is 0 Å². The van der Waals surface area contributed by atoms with Crippen molar-refractivity contribution in [1.82, 2.24) is 4.90 Å². The van der Waals surface area contributed by atoms with Crippen LogP contribution in [0.3, 0.4) is 0 Å². The van der Waals surface area contributed by atoms with Crippen molar-refractivity contribution in [2.75, 3.05) is 18.5 Å². The number of aliphatic hydroxyl groups is 1. The summed E-state index contributed by atoms with van der Waals surface area (Å²) >= 11 is 0. The molecule has 0 saturated carbocycles. The number of ether oxygens (including phenoxy) is 1. The Kier molecular flexibility index (Phi) is 6.10. The fraction of sp³-hybridized carbons (Fsp3) is 0.120. The third-order valence-electron chi connectivity index (χ3n) is 4.93. The highest BCUT2D eigenvalue weighted by Crippen LogP contribution is 2.31. The van der Waals surface area contributed by atoms with Gasteiger partial charge in [-0.3, -0.25) is 14.5 Å². The number of aliphatic hydroxyl groups excluding tert-OH is 1. The van der Waals surface area contributed by atoms with Crippen LogP contribution in [0.25, 0.3) is 11.1 Å². The number of nitrogens with one attached hydrogen (secondary N) is 1. The molecule has 0 bridgehead atoms. The van der Waals surface area contributed by atoms with Crippen LogP contribution in [0.15, 0.2) is 90.6 Å². The second-order valence-corrected chi connectivity index (χ2v) is 7.05. The first-order chi connectivity index (χ1) is 15.2. The van der Waals surface area contributed by atoms with Crippen molar-refractivity contribution in [2.45, 2.75) is 6.61 Å². The van der Waals surface area contributed by atoms with Gasteiger partial charge in [-0.15, -0.1) is 0 Å². The molecule has 31 heavy (non-hydrogen) atoms. The van der Waals surface area contributed by atoms with Gasteiger partial charge in [-0.2, -0.15) is 0 Å². The van der Waals surface area contributed by atoms with E-state index in [1.165, 1.54) is 6.08 Å². The SMILES string of the molecule is O=C1C=C(Nc2ccc(-c3ccccc3OCc3ccccc3)cc2)C(=O)N1CCO. The number of anilines is 1. The summed E-state index contributed by atoms with van der Waals surface area (Å²) in [4.78, 5) is 25.2. The van der Waals surface area contributed by atoms with Gasteiger partial charge in [0.25, 0.3) is 11.8 Å². The molecule has 0 atom stereocenters. The maximum atomic E-state index is 12.3. The molecule has 156 valence electrons. The Morgan fingerprint density at radius 3 is 2.32 bits per heavy atom. The summed E-state index contributed by atoms with van der Waals surface area (Å²) in [6, 6.07) is 25.4. The van der Waals surface area contributed by atoms with Crippen LogP contribution in [0.5, 0.6) is 5.75 Å². The second kappa shape index (κ2) is 9.28. The van der Waals surface area contributed by atoms with Crippen LogP contribution in [-0.2, 0) is 16.2 Å². The van der Waals surface area contributed by atoms with E-state index in [-0.39, 0.29) is 18.8 Å². The fourth-order valence-corrected chi connectivity index (χ4v) is 3.36. The van der Waals surface area contributed by atoms with Crippen molar-refractivity contribution in [3.8, 4) is 16.9 Å². The molecule has 2 N–H and O–H groups in total. The molecule has 3 aromatic carbocycles. The van der Waals surface area contributed by atoms with Crippen molar-refractivity contribution < 1.29 is 19.4 Å². The molecule has 4 rings (SSSR count). The van der Waals surface area contributed by atoms with Crippen LogP contribution in [-0.4, -0.2) is 35.0 Å². The number of β-amino-alcohol motifs (C(OH)–C–C–N with tert-alkyl or cyclic N) is 1. The predicted molar refractivity (Wildman–Crippen MR) is 118 cm³/mol. The molecule has 0 aromatic heterocycles. The van der Waals surface area contributed by atoms with Gasteiger partial charge in [0.15, 0.2) is 0 Å². The van der Waals surface area contributed by atoms with E-state index in [0.717, 1.165) is 27.3 Å². The van der Waals surface area contributed by atoms with Crippen LogP contribution in [0.4, 0.5) is 5.69 Å². The summed E-state index contributed by atoms with van der Waals surface area (Å²) in [6.45, 7) is 0.198. The van der Waals surface area contributed by atoms with Crippen LogP contribution >= 0.6 is 0 Å². The van der Waals surface area contributed by atoms with Gasteiger partial charge < -0.3 is 15.2 Å². The van der Waals surface area contributed by atoms with E-state index in [2.05, 4.69) is 5.32 Å². The van der Waals surface area contributed by atoms with Gasteiger partial charge in [0.1, 0.15) is 18.1 Å². The minimum atomic E-state index is -0.442. The fourth-order valence-electron chi connectivity index (χ4n) is 3.36. The molecule has 0 radical (unpaired) electrons. The van der Waals surface area contributed by atoms with Gasteiger partial charge in [0.05, 0.1) is 13.2 Å². The normalized spacial score (nSPS) is 13.3. The summed E-state index contributed by atoms with van der Waals surface area (Å²) in [7, 11) is 0. The average Bonchev–Trinajstić information content (AvgIpc) is 3.07. The number of hydrogen-bond donors (Lipinski definition) is 2. The second-order valence-electron chi connectivity index (χ2n) is 7.05. The van der Waals surface area contributed by atoms with Crippen molar-refractivity contribution >= 4 is 17.5 Å². The Balaban J connectivity index is 1.47. The Hall–Kier alpha value is -3.90. The first-order valence-electron chi connectivity index (χ1n) is 9.97. The zero-order valence-electron chi connectivity index (χ0n) is 16.8. The summed E-state index contributed by atoms with van der Waals surface area (Å²) in [6.07, 6.45) is 1.25. The summed E-state index contributed by atoms with van der Waals surface area (Å²) in [5, 5.41) is 12.0. The molecule has 6 heteroatoms. The molecule has 2 amide bonds. The molecule has 6 nitrogen and oxygen atoms in total. The van der Waals surface area contributed by atoms with Gasteiger partial charge in [-0.1, -0.05) is 60.7 Å². The lowest BCUT2D eigenvalue weighted by Crippen LogP contribution is -2.34. The molecule has 0 spiro atoms. The highest BCUT2D eigenvalue weighted by Gasteiger charge is 2.30. The Morgan fingerprint density at radius 1 is 0.871 bits per heavy atom. The maximum Gasteiger partial charge on any atom is 0.277 e. The van der Waals surface area contributed by atoms with E-state index in [1.54, 1.807) is 0 Å². The topological polar surface area (TPSA) is 78.9 Å².